The van der Waals surface area contributed by atoms with Crippen LogP contribution in [0.1, 0.15) is 13.8 Å². The van der Waals surface area contributed by atoms with Gasteiger partial charge in [0.2, 0.25) is 11.0 Å². The summed E-state index contributed by atoms with van der Waals surface area (Å²) in [6.07, 6.45) is 0. The van der Waals surface area contributed by atoms with Gasteiger partial charge in [-0.15, -0.1) is 0 Å². The predicted molar refractivity (Wildman–Crippen MR) is 70.3 cm³/mol. The summed E-state index contributed by atoms with van der Waals surface area (Å²) < 4.78 is 16.9. The lowest BCUT2D eigenvalue weighted by Gasteiger charge is -2.35. The molecular weight excluding hydrogens is 270 g/mol. The number of nitrogens with zero attached hydrogens (tertiary/aromatic N) is 3. The van der Waals surface area contributed by atoms with E-state index in [2.05, 4.69) is 14.9 Å². The van der Waals surface area contributed by atoms with E-state index in [0.29, 0.717) is 37.3 Å². The summed E-state index contributed by atoms with van der Waals surface area (Å²) >= 11 is 5.98. The number of ether oxygens (including phenoxy) is 3. The Morgan fingerprint density at radius 1 is 1.21 bits per heavy atom. The maximum atomic E-state index is 5.98. The third kappa shape index (κ3) is 2.55. The Morgan fingerprint density at radius 2 is 1.95 bits per heavy atom. The maximum absolute atomic E-state index is 5.98. The molecule has 104 valence electrons. The number of hydrogen-bond donors (Lipinski definition) is 0. The summed E-state index contributed by atoms with van der Waals surface area (Å²) in [6, 6.07) is 0. The monoisotopic (exact) mass is 285 g/mol. The van der Waals surface area contributed by atoms with Gasteiger partial charge >= 0.3 is 0 Å². The van der Waals surface area contributed by atoms with Gasteiger partial charge < -0.3 is 19.1 Å². The second kappa shape index (κ2) is 4.68. The number of hydrogen-bond acceptors (Lipinski definition) is 6. The fourth-order valence-electron chi connectivity index (χ4n) is 2.12. The van der Waals surface area contributed by atoms with E-state index in [1.54, 1.807) is 0 Å². The Kier molecular flexibility index (Phi) is 3.14. The standard InChI is InChI=1S/C12H16ClN3O3/c1-12(2)7-18-8-9(16-3-5-17-6-4-16)14-11(13)15-10(8)19-12/h3-7H2,1-2H3. The first-order valence-electron chi connectivity index (χ1n) is 6.27. The molecule has 1 aromatic rings. The van der Waals surface area contributed by atoms with E-state index in [1.165, 1.54) is 0 Å². The van der Waals surface area contributed by atoms with Gasteiger partial charge in [0.15, 0.2) is 5.82 Å². The number of fused-ring (bicyclic) bond motifs is 1. The molecular formula is C12H16ClN3O3. The van der Waals surface area contributed by atoms with E-state index >= 15 is 0 Å². The van der Waals surface area contributed by atoms with Crippen molar-refractivity contribution in [2.75, 3.05) is 37.8 Å². The van der Waals surface area contributed by atoms with Crippen molar-refractivity contribution >= 4 is 17.4 Å². The SMILES string of the molecule is CC1(C)COc2c(nc(Cl)nc2N2CCOCC2)O1. The van der Waals surface area contributed by atoms with Crippen LogP contribution in [0.2, 0.25) is 5.28 Å². The van der Waals surface area contributed by atoms with Crippen molar-refractivity contribution in [3.63, 3.8) is 0 Å². The van der Waals surface area contributed by atoms with Crippen LogP contribution in [-0.2, 0) is 4.74 Å². The van der Waals surface area contributed by atoms with Crippen LogP contribution in [-0.4, -0.2) is 48.5 Å². The highest BCUT2D eigenvalue weighted by molar-refractivity contribution is 6.28. The van der Waals surface area contributed by atoms with Crippen LogP contribution in [0.4, 0.5) is 5.82 Å². The molecule has 0 amide bonds. The fraction of sp³-hybridized carbons (Fsp3) is 0.667. The largest absolute Gasteiger partial charge is 0.481 e. The van der Waals surface area contributed by atoms with Crippen molar-refractivity contribution < 1.29 is 14.2 Å². The lowest BCUT2D eigenvalue weighted by molar-refractivity contribution is 0.0158. The van der Waals surface area contributed by atoms with Crippen LogP contribution < -0.4 is 14.4 Å². The molecule has 0 aromatic carbocycles. The lowest BCUT2D eigenvalue weighted by atomic mass is 10.1. The molecule has 1 saturated heterocycles. The summed E-state index contributed by atoms with van der Waals surface area (Å²) in [6.45, 7) is 7.20. The minimum absolute atomic E-state index is 0.168. The van der Waals surface area contributed by atoms with Gasteiger partial charge in [-0.1, -0.05) is 0 Å². The fourth-order valence-corrected chi connectivity index (χ4v) is 2.27. The van der Waals surface area contributed by atoms with E-state index in [1.807, 2.05) is 13.8 Å². The van der Waals surface area contributed by atoms with E-state index < -0.39 is 5.60 Å². The summed E-state index contributed by atoms with van der Waals surface area (Å²) in [5.74, 6) is 1.68. The van der Waals surface area contributed by atoms with Gasteiger partial charge in [0, 0.05) is 13.1 Å². The van der Waals surface area contributed by atoms with Crippen LogP contribution in [0.15, 0.2) is 0 Å². The average Bonchev–Trinajstić information content (AvgIpc) is 2.37. The molecule has 19 heavy (non-hydrogen) atoms. The number of aromatic nitrogens is 2. The number of rotatable bonds is 1. The van der Waals surface area contributed by atoms with Crippen molar-refractivity contribution in [1.29, 1.82) is 0 Å². The molecule has 1 aromatic heterocycles. The number of anilines is 1. The van der Waals surface area contributed by atoms with Gasteiger partial charge in [-0.2, -0.15) is 9.97 Å². The molecule has 3 heterocycles. The Hall–Kier alpha value is -1.27. The molecule has 6 nitrogen and oxygen atoms in total. The van der Waals surface area contributed by atoms with Gasteiger partial charge in [-0.3, -0.25) is 0 Å². The molecule has 0 spiro atoms. The zero-order valence-corrected chi connectivity index (χ0v) is 11.7. The molecule has 2 aliphatic heterocycles. The minimum Gasteiger partial charge on any atom is -0.481 e. The molecule has 0 saturated carbocycles. The molecule has 0 unspecified atom stereocenters. The summed E-state index contributed by atoms with van der Waals surface area (Å²) in [7, 11) is 0. The highest BCUT2D eigenvalue weighted by Gasteiger charge is 2.33. The Balaban J connectivity index is 1.98. The summed E-state index contributed by atoms with van der Waals surface area (Å²) in [5.41, 5.74) is -0.410. The van der Waals surface area contributed by atoms with E-state index in [9.17, 15) is 0 Å². The van der Waals surface area contributed by atoms with E-state index in [-0.39, 0.29) is 5.28 Å². The molecule has 0 aliphatic carbocycles. The van der Waals surface area contributed by atoms with Crippen LogP contribution in [0.5, 0.6) is 11.6 Å². The number of morpholine rings is 1. The summed E-state index contributed by atoms with van der Waals surface area (Å²) in [4.78, 5) is 10.5. The minimum atomic E-state index is -0.410. The lowest BCUT2D eigenvalue weighted by Crippen LogP contribution is -2.41. The van der Waals surface area contributed by atoms with Gasteiger partial charge in [0.25, 0.3) is 5.88 Å². The Morgan fingerprint density at radius 3 is 2.68 bits per heavy atom. The van der Waals surface area contributed by atoms with Crippen molar-refractivity contribution in [1.82, 2.24) is 9.97 Å². The first-order chi connectivity index (χ1) is 9.05. The number of halogens is 1. The highest BCUT2D eigenvalue weighted by atomic mass is 35.5. The topological polar surface area (TPSA) is 56.7 Å². The third-order valence-electron chi connectivity index (χ3n) is 3.04. The summed E-state index contributed by atoms with van der Waals surface area (Å²) in [5, 5.41) is 0.168. The van der Waals surface area contributed by atoms with Crippen LogP contribution in [0, 0.1) is 0 Å². The van der Waals surface area contributed by atoms with Crippen molar-refractivity contribution in [2.24, 2.45) is 0 Å². The first-order valence-corrected chi connectivity index (χ1v) is 6.65. The first kappa shape index (κ1) is 12.7. The predicted octanol–water partition coefficient (Wildman–Crippen LogP) is 1.52. The van der Waals surface area contributed by atoms with Gasteiger partial charge in [0.1, 0.15) is 12.2 Å². The van der Waals surface area contributed by atoms with E-state index in [0.717, 1.165) is 13.1 Å². The molecule has 2 aliphatic rings. The molecule has 0 radical (unpaired) electrons. The zero-order valence-electron chi connectivity index (χ0n) is 11.0. The molecule has 0 atom stereocenters. The van der Waals surface area contributed by atoms with Crippen molar-refractivity contribution in [2.45, 2.75) is 19.4 Å². The quantitative estimate of drug-likeness (QED) is 0.729. The average molecular weight is 286 g/mol. The highest BCUT2D eigenvalue weighted by Crippen LogP contribution is 2.41. The zero-order chi connectivity index (χ0) is 13.5. The second-order valence-corrected chi connectivity index (χ2v) is 5.54. The van der Waals surface area contributed by atoms with Gasteiger partial charge in [0.05, 0.1) is 13.2 Å². The van der Waals surface area contributed by atoms with Crippen LogP contribution in [0.25, 0.3) is 0 Å². The van der Waals surface area contributed by atoms with Crippen LogP contribution in [0.3, 0.4) is 0 Å². The molecule has 0 bridgehead atoms. The van der Waals surface area contributed by atoms with E-state index in [4.69, 9.17) is 25.8 Å². The molecule has 0 N–H and O–H groups in total. The molecule has 1 fully saturated rings. The normalized spacial score (nSPS) is 21.3. The Bertz CT molecular complexity index is 489. The maximum Gasteiger partial charge on any atom is 0.264 e. The smallest absolute Gasteiger partial charge is 0.264 e. The third-order valence-corrected chi connectivity index (χ3v) is 3.21. The van der Waals surface area contributed by atoms with Gasteiger partial charge in [-0.05, 0) is 25.4 Å². The van der Waals surface area contributed by atoms with Crippen molar-refractivity contribution in [3.05, 3.63) is 5.28 Å². The Labute approximate surface area is 116 Å². The second-order valence-electron chi connectivity index (χ2n) is 5.20. The van der Waals surface area contributed by atoms with Crippen LogP contribution >= 0.6 is 11.6 Å². The molecule has 3 rings (SSSR count). The van der Waals surface area contributed by atoms with Gasteiger partial charge in [-0.25, -0.2) is 0 Å². The van der Waals surface area contributed by atoms with Crippen molar-refractivity contribution in [3.8, 4) is 11.6 Å². The molecule has 7 heteroatoms.